The molecule has 1 aliphatic heterocycles. The molecule has 1 saturated heterocycles. The predicted molar refractivity (Wildman–Crippen MR) is 133 cm³/mol. The van der Waals surface area contributed by atoms with Gasteiger partial charge in [-0.2, -0.15) is 0 Å². The van der Waals surface area contributed by atoms with Crippen molar-refractivity contribution < 1.29 is 37.3 Å². The lowest BCUT2D eigenvalue weighted by Crippen LogP contribution is -2.43. The lowest BCUT2D eigenvalue weighted by molar-refractivity contribution is -0.137. The fourth-order valence-electron chi connectivity index (χ4n) is 3.68. The molecule has 12 heteroatoms. The van der Waals surface area contributed by atoms with E-state index in [1.54, 1.807) is 11.0 Å². The van der Waals surface area contributed by atoms with Crippen LogP contribution in [0.4, 0.5) is 20.4 Å². The summed E-state index contributed by atoms with van der Waals surface area (Å²) < 4.78 is 55.5. The number of rotatable bonds is 10. The maximum absolute atomic E-state index is 14.5. The number of carbonyl (C=O) groups excluding carboxylic acids is 1. The second-order valence-electron chi connectivity index (χ2n) is 8.31. The highest BCUT2D eigenvalue weighted by molar-refractivity contribution is 5.78. The Hall–Kier alpha value is -4.19. The van der Waals surface area contributed by atoms with E-state index >= 15 is 0 Å². The molecule has 0 spiro atoms. The van der Waals surface area contributed by atoms with E-state index < -0.39 is 18.2 Å². The molecule has 1 fully saturated rings. The van der Waals surface area contributed by atoms with Crippen LogP contribution < -0.4 is 24.3 Å². The summed E-state index contributed by atoms with van der Waals surface area (Å²) in [6.45, 7) is 3.53. The molecule has 0 aliphatic carbocycles. The summed E-state index contributed by atoms with van der Waals surface area (Å²) in [7, 11) is 2.54. The zero-order chi connectivity index (χ0) is 27.1. The van der Waals surface area contributed by atoms with E-state index in [-0.39, 0.29) is 41.3 Å². The van der Waals surface area contributed by atoms with Crippen molar-refractivity contribution in [3.8, 4) is 23.0 Å². The van der Waals surface area contributed by atoms with Gasteiger partial charge in [-0.05, 0) is 18.6 Å². The highest BCUT2D eigenvalue weighted by atomic mass is 19.1. The smallest absolute Gasteiger partial charge is 0.260 e. The molecular weight excluding hydrogens is 502 g/mol. The molecule has 0 saturated carbocycles. The molecule has 1 aromatic heterocycles. The lowest BCUT2D eigenvalue weighted by atomic mass is 10.1. The van der Waals surface area contributed by atoms with Gasteiger partial charge in [-0.1, -0.05) is 6.07 Å². The molecule has 10 nitrogen and oxygen atoms in total. The Balaban J connectivity index is 1.37. The van der Waals surface area contributed by atoms with Crippen LogP contribution in [0.15, 0.2) is 36.7 Å². The predicted octanol–water partition coefficient (Wildman–Crippen LogP) is 3.64. The maximum Gasteiger partial charge on any atom is 0.260 e. The van der Waals surface area contributed by atoms with Crippen LogP contribution in [0.1, 0.15) is 11.1 Å². The Morgan fingerprint density at radius 3 is 2.29 bits per heavy atom. The van der Waals surface area contributed by atoms with E-state index in [2.05, 4.69) is 15.3 Å². The average molecular weight is 531 g/mol. The minimum Gasteiger partial charge on any atom is -0.494 e. The van der Waals surface area contributed by atoms with Crippen LogP contribution in [0.5, 0.6) is 23.0 Å². The van der Waals surface area contributed by atoms with Gasteiger partial charge in [-0.25, -0.2) is 18.7 Å². The molecule has 3 aromatic rings. The molecule has 1 aliphatic rings. The van der Waals surface area contributed by atoms with Crippen molar-refractivity contribution in [3.05, 3.63) is 59.4 Å². The third kappa shape index (κ3) is 6.38. The second kappa shape index (κ2) is 12.4. The zero-order valence-corrected chi connectivity index (χ0v) is 21.3. The number of aromatic nitrogens is 2. The van der Waals surface area contributed by atoms with Crippen molar-refractivity contribution >= 4 is 17.5 Å². The molecule has 2 heterocycles. The van der Waals surface area contributed by atoms with Crippen LogP contribution in [0, 0.1) is 18.6 Å². The van der Waals surface area contributed by atoms with Crippen molar-refractivity contribution in [3.63, 3.8) is 0 Å². The summed E-state index contributed by atoms with van der Waals surface area (Å²) in [5.41, 5.74) is 1.16. The third-order valence-corrected chi connectivity index (χ3v) is 5.84. The molecule has 0 atom stereocenters. The minimum absolute atomic E-state index is 0.0762. The van der Waals surface area contributed by atoms with E-state index in [0.717, 1.165) is 11.6 Å². The first kappa shape index (κ1) is 26.9. The van der Waals surface area contributed by atoms with E-state index in [4.69, 9.17) is 23.7 Å². The van der Waals surface area contributed by atoms with Crippen molar-refractivity contribution in [1.82, 2.24) is 14.9 Å². The number of aryl methyl sites for hydroxylation is 1. The quantitative estimate of drug-likeness (QED) is 0.421. The molecule has 2 aromatic carbocycles. The van der Waals surface area contributed by atoms with Gasteiger partial charge in [-0.3, -0.25) is 4.79 Å². The summed E-state index contributed by atoms with van der Waals surface area (Å²) in [6, 6.07) is 6.54. The number of hydrogen-bond donors (Lipinski definition) is 1. The van der Waals surface area contributed by atoms with Crippen LogP contribution in [0.2, 0.25) is 0 Å². The molecule has 0 unspecified atom stereocenters. The topological polar surface area (TPSA) is 104 Å². The van der Waals surface area contributed by atoms with Gasteiger partial charge in [-0.15, -0.1) is 0 Å². The van der Waals surface area contributed by atoms with Crippen LogP contribution in [-0.4, -0.2) is 67.9 Å². The number of amides is 1. The number of morpholine rings is 1. The average Bonchev–Trinajstić information content (AvgIpc) is 2.94. The summed E-state index contributed by atoms with van der Waals surface area (Å²) >= 11 is 0. The van der Waals surface area contributed by atoms with E-state index in [1.807, 2.05) is 19.1 Å². The fraction of sp³-hybridized carbons (Fsp3) is 0.346. The van der Waals surface area contributed by atoms with Gasteiger partial charge >= 0.3 is 0 Å². The molecule has 0 bridgehead atoms. The number of carbonyl (C=O) groups is 1. The number of anilines is 2. The van der Waals surface area contributed by atoms with E-state index in [0.29, 0.717) is 37.7 Å². The fourth-order valence-corrected chi connectivity index (χ4v) is 3.68. The normalized spacial score (nSPS) is 13.1. The summed E-state index contributed by atoms with van der Waals surface area (Å²) in [4.78, 5) is 22.5. The van der Waals surface area contributed by atoms with Gasteiger partial charge in [0.05, 0.1) is 45.4 Å². The monoisotopic (exact) mass is 530 g/mol. The van der Waals surface area contributed by atoms with E-state index in [1.165, 1.54) is 26.6 Å². The first-order chi connectivity index (χ1) is 18.4. The SMILES string of the molecule is COc1cc(OC)c(F)c(COc2cnc(Nc3ccc(C)c(OCC(=O)N4CCOCC4)c3)nc2)c1F. The van der Waals surface area contributed by atoms with Crippen molar-refractivity contribution in [2.75, 3.05) is 52.4 Å². The third-order valence-electron chi connectivity index (χ3n) is 5.84. The summed E-state index contributed by atoms with van der Waals surface area (Å²) in [5, 5.41) is 3.05. The Kier molecular flexibility index (Phi) is 8.74. The van der Waals surface area contributed by atoms with Gasteiger partial charge in [0.2, 0.25) is 5.95 Å². The number of methoxy groups -OCH3 is 2. The molecule has 1 N–H and O–H groups in total. The Morgan fingerprint density at radius 1 is 1.00 bits per heavy atom. The lowest BCUT2D eigenvalue weighted by Gasteiger charge is -2.26. The first-order valence-electron chi connectivity index (χ1n) is 11.8. The van der Waals surface area contributed by atoms with Crippen LogP contribution in [0.3, 0.4) is 0 Å². The Bertz CT molecular complexity index is 1240. The van der Waals surface area contributed by atoms with Gasteiger partial charge in [0, 0.05) is 30.9 Å². The molecule has 4 rings (SSSR count). The molecule has 0 radical (unpaired) electrons. The first-order valence-corrected chi connectivity index (χ1v) is 11.8. The second-order valence-corrected chi connectivity index (χ2v) is 8.31. The largest absolute Gasteiger partial charge is 0.494 e. The number of halogens is 2. The maximum atomic E-state index is 14.5. The minimum atomic E-state index is -0.881. The highest BCUT2D eigenvalue weighted by Crippen LogP contribution is 2.32. The van der Waals surface area contributed by atoms with Gasteiger partial charge in [0.25, 0.3) is 5.91 Å². The number of benzene rings is 2. The summed E-state index contributed by atoms with van der Waals surface area (Å²) in [5.74, 6) is -1.17. The van der Waals surface area contributed by atoms with Crippen LogP contribution >= 0.6 is 0 Å². The van der Waals surface area contributed by atoms with Gasteiger partial charge < -0.3 is 33.9 Å². The Morgan fingerprint density at radius 2 is 1.66 bits per heavy atom. The number of ether oxygens (including phenoxy) is 5. The van der Waals surface area contributed by atoms with Crippen molar-refractivity contribution in [1.29, 1.82) is 0 Å². The zero-order valence-electron chi connectivity index (χ0n) is 21.3. The van der Waals surface area contributed by atoms with Gasteiger partial charge in [0.15, 0.2) is 35.5 Å². The summed E-state index contributed by atoms with van der Waals surface area (Å²) in [6.07, 6.45) is 2.74. The molecule has 202 valence electrons. The molecular formula is C26H28F2N4O6. The molecule has 1 amide bonds. The molecule has 38 heavy (non-hydrogen) atoms. The van der Waals surface area contributed by atoms with Crippen LogP contribution in [0.25, 0.3) is 0 Å². The highest BCUT2D eigenvalue weighted by Gasteiger charge is 2.21. The number of hydrogen-bond acceptors (Lipinski definition) is 9. The van der Waals surface area contributed by atoms with Crippen molar-refractivity contribution in [2.45, 2.75) is 13.5 Å². The number of nitrogens with one attached hydrogen (secondary N) is 1. The van der Waals surface area contributed by atoms with Gasteiger partial charge in [0.1, 0.15) is 12.4 Å². The Labute approximate surface area is 218 Å². The van der Waals surface area contributed by atoms with E-state index in [9.17, 15) is 13.6 Å². The standard InChI is InChI=1S/C26H28F2N4O6/c1-16-4-5-17(10-20(16)38-15-23(33)32-6-8-36-9-7-32)31-26-29-12-18(13-30-26)37-14-19-24(27)21(34-2)11-22(35-3)25(19)28/h4-5,10-13H,6-9,14-15H2,1-3H3,(H,29,30,31). The van der Waals surface area contributed by atoms with Crippen LogP contribution in [-0.2, 0) is 16.1 Å². The number of nitrogens with zero attached hydrogens (tertiary/aromatic N) is 3. The van der Waals surface area contributed by atoms with Crippen molar-refractivity contribution in [2.24, 2.45) is 0 Å².